The molecule has 15 heavy (non-hydrogen) atoms. The fourth-order valence-electron chi connectivity index (χ4n) is 1.85. The third-order valence-corrected chi connectivity index (χ3v) is 3.03. The summed E-state index contributed by atoms with van der Waals surface area (Å²) in [5, 5.41) is 0. The second-order valence-electron chi connectivity index (χ2n) is 3.94. The zero-order chi connectivity index (χ0) is 11.5. The lowest BCUT2D eigenvalue weighted by molar-refractivity contribution is -0.253. The predicted octanol–water partition coefficient (Wildman–Crippen LogP) is 3.06. The summed E-state index contributed by atoms with van der Waals surface area (Å²) in [4.78, 5) is 11.0. The van der Waals surface area contributed by atoms with Crippen molar-refractivity contribution in [3.8, 4) is 0 Å². The topological polar surface area (TPSA) is 26.3 Å². The Bertz CT molecular complexity index is 231. The lowest BCUT2D eigenvalue weighted by atomic mass is 9.65. The van der Waals surface area contributed by atoms with Gasteiger partial charge in [-0.1, -0.05) is 6.42 Å². The SMILES string of the molecule is CCOC(=O)CCC1(C(F)(F)F)CCC1. The minimum absolute atomic E-state index is 0.130. The average molecular weight is 224 g/mol. The zero-order valence-corrected chi connectivity index (χ0v) is 8.69. The lowest BCUT2D eigenvalue weighted by Gasteiger charge is -2.43. The predicted molar refractivity (Wildman–Crippen MR) is 48.2 cm³/mol. The van der Waals surface area contributed by atoms with Crippen LogP contribution in [-0.2, 0) is 9.53 Å². The fourth-order valence-corrected chi connectivity index (χ4v) is 1.85. The molecule has 0 aliphatic heterocycles. The molecule has 1 saturated carbocycles. The molecule has 2 nitrogen and oxygen atoms in total. The molecule has 1 fully saturated rings. The number of carbonyl (C=O) groups excluding carboxylic acids is 1. The van der Waals surface area contributed by atoms with Gasteiger partial charge in [-0.15, -0.1) is 0 Å². The molecule has 5 heteroatoms. The van der Waals surface area contributed by atoms with E-state index >= 15 is 0 Å². The van der Waals surface area contributed by atoms with E-state index in [0.29, 0.717) is 6.42 Å². The van der Waals surface area contributed by atoms with Gasteiger partial charge in [0.05, 0.1) is 12.0 Å². The summed E-state index contributed by atoms with van der Waals surface area (Å²) >= 11 is 0. The quantitative estimate of drug-likeness (QED) is 0.686. The van der Waals surface area contributed by atoms with Crippen LogP contribution in [0.15, 0.2) is 0 Å². The maximum absolute atomic E-state index is 12.6. The molecule has 0 bridgehead atoms. The number of rotatable bonds is 4. The molecule has 1 aliphatic rings. The van der Waals surface area contributed by atoms with Crippen molar-refractivity contribution in [1.82, 2.24) is 0 Å². The molecule has 0 radical (unpaired) electrons. The number of esters is 1. The molecule has 88 valence electrons. The first kappa shape index (κ1) is 12.3. The van der Waals surface area contributed by atoms with E-state index in [1.807, 2.05) is 0 Å². The van der Waals surface area contributed by atoms with Gasteiger partial charge in [0.2, 0.25) is 0 Å². The Hall–Kier alpha value is -0.740. The lowest BCUT2D eigenvalue weighted by Crippen LogP contribution is -2.44. The highest BCUT2D eigenvalue weighted by molar-refractivity contribution is 5.69. The van der Waals surface area contributed by atoms with Crippen LogP contribution in [0.2, 0.25) is 0 Å². The van der Waals surface area contributed by atoms with Crippen molar-refractivity contribution in [2.24, 2.45) is 5.41 Å². The Morgan fingerprint density at radius 2 is 2.00 bits per heavy atom. The molecular formula is C10H15F3O2. The van der Waals surface area contributed by atoms with Crippen molar-refractivity contribution in [1.29, 1.82) is 0 Å². The molecule has 0 amide bonds. The summed E-state index contributed by atoms with van der Waals surface area (Å²) in [6, 6.07) is 0. The van der Waals surface area contributed by atoms with Crippen LogP contribution in [-0.4, -0.2) is 18.8 Å². The molecule has 0 unspecified atom stereocenters. The van der Waals surface area contributed by atoms with Crippen LogP contribution >= 0.6 is 0 Å². The standard InChI is InChI=1S/C10H15F3O2/c1-2-15-8(14)4-7-9(5-3-6-9)10(11,12)13/h2-7H2,1H3. The highest BCUT2D eigenvalue weighted by atomic mass is 19.4. The molecule has 0 heterocycles. The van der Waals surface area contributed by atoms with Gasteiger partial charge in [-0.3, -0.25) is 4.79 Å². The van der Waals surface area contributed by atoms with E-state index in [4.69, 9.17) is 0 Å². The minimum Gasteiger partial charge on any atom is -0.466 e. The van der Waals surface area contributed by atoms with Gasteiger partial charge < -0.3 is 4.74 Å². The number of hydrogen-bond donors (Lipinski definition) is 0. The largest absolute Gasteiger partial charge is 0.466 e. The van der Waals surface area contributed by atoms with Crippen molar-refractivity contribution in [2.45, 2.75) is 45.2 Å². The second-order valence-corrected chi connectivity index (χ2v) is 3.94. The summed E-state index contributed by atoms with van der Waals surface area (Å²) in [6.45, 7) is 1.86. The Balaban J connectivity index is 2.45. The van der Waals surface area contributed by atoms with Gasteiger partial charge in [0, 0.05) is 6.42 Å². The number of alkyl halides is 3. The Morgan fingerprint density at radius 3 is 2.33 bits per heavy atom. The Morgan fingerprint density at radius 1 is 1.40 bits per heavy atom. The van der Waals surface area contributed by atoms with Crippen LogP contribution in [0.4, 0.5) is 13.2 Å². The molecule has 0 aromatic rings. The van der Waals surface area contributed by atoms with Crippen molar-refractivity contribution in [3.63, 3.8) is 0 Å². The molecule has 0 spiro atoms. The maximum Gasteiger partial charge on any atom is 0.394 e. The van der Waals surface area contributed by atoms with E-state index in [0.717, 1.165) is 0 Å². The number of ether oxygens (including phenoxy) is 1. The Labute approximate surface area is 86.8 Å². The van der Waals surface area contributed by atoms with E-state index in [1.54, 1.807) is 6.92 Å². The number of halogens is 3. The van der Waals surface area contributed by atoms with E-state index in [2.05, 4.69) is 4.74 Å². The van der Waals surface area contributed by atoms with Crippen LogP contribution in [0.25, 0.3) is 0 Å². The van der Waals surface area contributed by atoms with E-state index in [-0.39, 0.29) is 32.3 Å². The van der Waals surface area contributed by atoms with Crippen LogP contribution in [0.3, 0.4) is 0 Å². The Kier molecular flexibility index (Phi) is 3.62. The molecule has 0 N–H and O–H groups in total. The molecular weight excluding hydrogens is 209 g/mol. The normalized spacial score (nSPS) is 19.5. The van der Waals surface area contributed by atoms with Crippen molar-refractivity contribution < 1.29 is 22.7 Å². The number of hydrogen-bond acceptors (Lipinski definition) is 2. The summed E-state index contributed by atoms with van der Waals surface area (Å²) in [6.07, 6.45) is -3.55. The molecule has 0 saturated heterocycles. The smallest absolute Gasteiger partial charge is 0.394 e. The van der Waals surface area contributed by atoms with Gasteiger partial charge in [0.1, 0.15) is 0 Å². The van der Waals surface area contributed by atoms with Crippen LogP contribution in [0.5, 0.6) is 0 Å². The van der Waals surface area contributed by atoms with Crippen molar-refractivity contribution in [3.05, 3.63) is 0 Å². The van der Waals surface area contributed by atoms with Gasteiger partial charge in [0.25, 0.3) is 0 Å². The molecule has 0 aromatic carbocycles. The van der Waals surface area contributed by atoms with Gasteiger partial charge in [-0.05, 0) is 26.2 Å². The average Bonchev–Trinajstić information content (AvgIpc) is 1.99. The van der Waals surface area contributed by atoms with Crippen LogP contribution in [0.1, 0.15) is 39.0 Å². The number of carbonyl (C=O) groups is 1. The first-order chi connectivity index (χ1) is 6.91. The van der Waals surface area contributed by atoms with E-state index in [1.165, 1.54) is 0 Å². The van der Waals surface area contributed by atoms with Crippen molar-refractivity contribution in [2.75, 3.05) is 6.61 Å². The van der Waals surface area contributed by atoms with Crippen LogP contribution < -0.4 is 0 Å². The molecule has 1 aliphatic carbocycles. The minimum atomic E-state index is -4.18. The van der Waals surface area contributed by atoms with Gasteiger partial charge in [0.15, 0.2) is 0 Å². The highest BCUT2D eigenvalue weighted by Gasteiger charge is 2.57. The summed E-state index contributed by atoms with van der Waals surface area (Å²) < 4.78 is 42.5. The van der Waals surface area contributed by atoms with Crippen LogP contribution in [0, 0.1) is 5.41 Å². The fraction of sp³-hybridized carbons (Fsp3) is 0.900. The van der Waals surface area contributed by atoms with E-state index < -0.39 is 17.6 Å². The molecule has 0 atom stereocenters. The summed E-state index contributed by atoms with van der Waals surface area (Å²) in [7, 11) is 0. The third kappa shape index (κ3) is 2.63. The first-order valence-electron chi connectivity index (χ1n) is 5.14. The van der Waals surface area contributed by atoms with Gasteiger partial charge >= 0.3 is 12.1 Å². The maximum atomic E-state index is 12.6. The second kappa shape index (κ2) is 4.41. The molecule has 0 aromatic heterocycles. The monoisotopic (exact) mass is 224 g/mol. The highest BCUT2D eigenvalue weighted by Crippen LogP contribution is 2.55. The molecule has 1 rings (SSSR count). The zero-order valence-electron chi connectivity index (χ0n) is 8.69. The third-order valence-electron chi connectivity index (χ3n) is 3.03. The first-order valence-corrected chi connectivity index (χ1v) is 5.14. The summed E-state index contributed by atoms with van der Waals surface area (Å²) in [5.41, 5.74) is -1.61. The van der Waals surface area contributed by atoms with E-state index in [9.17, 15) is 18.0 Å². The van der Waals surface area contributed by atoms with Crippen molar-refractivity contribution >= 4 is 5.97 Å². The van der Waals surface area contributed by atoms with Gasteiger partial charge in [-0.2, -0.15) is 13.2 Å². The summed E-state index contributed by atoms with van der Waals surface area (Å²) in [5.74, 6) is -0.534. The van der Waals surface area contributed by atoms with Gasteiger partial charge in [-0.25, -0.2) is 0 Å².